The molecule has 4 aromatic rings. The Morgan fingerprint density at radius 2 is 2.03 bits per heavy atom. The fourth-order valence-corrected chi connectivity index (χ4v) is 4.32. The standard InChI is InChI=1S/C24H27F2N7/c1-24(25,26)19-11-16-15(7-10-30-21(16)32-19)22-31-18-13-28-12-17(14-5-3-6-14)20(18)23(33-22)29-9-4-8-27-2/h7,10-14,27H,3-6,8-9H2,1-2H3,(H,30,32)(H,29,31,33). The lowest BCUT2D eigenvalue weighted by atomic mass is 9.79. The summed E-state index contributed by atoms with van der Waals surface area (Å²) in [5, 5.41) is 8.22. The van der Waals surface area contributed by atoms with Crippen molar-refractivity contribution in [3.8, 4) is 11.4 Å². The molecule has 3 N–H and O–H groups in total. The highest BCUT2D eigenvalue weighted by Crippen LogP contribution is 2.41. The summed E-state index contributed by atoms with van der Waals surface area (Å²) in [4.78, 5) is 21.1. The number of rotatable bonds is 8. The van der Waals surface area contributed by atoms with E-state index in [1.807, 2.05) is 13.2 Å². The van der Waals surface area contributed by atoms with E-state index in [9.17, 15) is 8.78 Å². The van der Waals surface area contributed by atoms with Crippen molar-refractivity contribution in [1.29, 1.82) is 0 Å². The maximum atomic E-state index is 13.9. The number of aromatic amines is 1. The Hall–Kier alpha value is -3.20. The van der Waals surface area contributed by atoms with Gasteiger partial charge in [0.25, 0.3) is 5.92 Å². The third kappa shape index (κ3) is 4.13. The number of H-pyrrole nitrogens is 1. The van der Waals surface area contributed by atoms with Crippen LogP contribution in [0, 0.1) is 0 Å². The first-order chi connectivity index (χ1) is 16.0. The monoisotopic (exact) mass is 451 g/mol. The molecule has 4 heterocycles. The number of hydrogen-bond acceptors (Lipinski definition) is 6. The van der Waals surface area contributed by atoms with Gasteiger partial charge in [0.1, 0.15) is 11.5 Å². The van der Waals surface area contributed by atoms with Gasteiger partial charge in [0, 0.05) is 42.2 Å². The van der Waals surface area contributed by atoms with E-state index in [0.717, 1.165) is 56.0 Å². The van der Waals surface area contributed by atoms with Crippen molar-refractivity contribution in [3.05, 3.63) is 42.0 Å². The molecular formula is C24H27F2N7. The van der Waals surface area contributed by atoms with Gasteiger partial charge in [-0.2, -0.15) is 0 Å². The van der Waals surface area contributed by atoms with Crippen LogP contribution >= 0.6 is 0 Å². The molecule has 5 rings (SSSR count). The highest BCUT2D eigenvalue weighted by Gasteiger charge is 2.28. The van der Waals surface area contributed by atoms with Crippen molar-refractivity contribution in [2.24, 2.45) is 0 Å². The Labute approximate surface area is 190 Å². The second-order valence-corrected chi connectivity index (χ2v) is 8.72. The number of nitrogens with one attached hydrogen (secondary N) is 3. The van der Waals surface area contributed by atoms with Gasteiger partial charge in [-0.15, -0.1) is 0 Å². The first-order valence-corrected chi connectivity index (χ1v) is 11.4. The van der Waals surface area contributed by atoms with E-state index in [0.29, 0.717) is 28.3 Å². The number of hydrogen-bond donors (Lipinski definition) is 3. The minimum atomic E-state index is -3.00. The molecule has 9 heteroatoms. The normalized spacial score (nSPS) is 14.7. The highest BCUT2D eigenvalue weighted by molar-refractivity contribution is 5.97. The summed E-state index contributed by atoms with van der Waals surface area (Å²) >= 11 is 0. The van der Waals surface area contributed by atoms with Gasteiger partial charge in [0.05, 0.1) is 17.4 Å². The number of nitrogens with zero attached hydrogens (tertiary/aromatic N) is 4. The topological polar surface area (TPSA) is 91.4 Å². The molecule has 0 atom stereocenters. The van der Waals surface area contributed by atoms with E-state index in [2.05, 4.69) is 25.6 Å². The van der Waals surface area contributed by atoms with Crippen molar-refractivity contribution in [3.63, 3.8) is 0 Å². The van der Waals surface area contributed by atoms with E-state index >= 15 is 0 Å². The number of pyridine rings is 2. The summed E-state index contributed by atoms with van der Waals surface area (Å²) in [7, 11) is 1.93. The molecule has 0 radical (unpaired) electrons. The van der Waals surface area contributed by atoms with Gasteiger partial charge in [0.15, 0.2) is 5.82 Å². The molecule has 1 saturated carbocycles. The van der Waals surface area contributed by atoms with Crippen LogP contribution in [-0.2, 0) is 5.92 Å². The van der Waals surface area contributed by atoms with Crippen LogP contribution in [0.1, 0.15) is 49.8 Å². The summed E-state index contributed by atoms with van der Waals surface area (Å²) in [6.45, 7) is 2.51. The third-order valence-corrected chi connectivity index (χ3v) is 6.32. The molecule has 1 aliphatic rings. The van der Waals surface area contributed by atoms with Crippen LogP contribution in [0.2, 0.25) is 0 Å². The summed E-state index contributed by atoms with van der Waals surface area (Å²) in [6, 6.07) is 3.21. The van der Waals surface area contributed by atoms with Gasteiger partial charge in [-0.05, 0) is 56.5 Å². The Bertz CT molecular complexity index is 1290. The zero-order valence-corrected chi connectivity index (χ0v) is 18.8. The summed E-state index contributed by atoms with van der Waals surface area (Å²) in [6.07, 6.45) is 9.71. The Morgan fingerprint density at radius 3 is 2.76 bits per heavy atom. The van der Waals surface area contributed by atoms with Crippen LogP contribution in [0.15, 0.2) is 30.7 Å². The van der Waals surface area contributed by atoms with Crippen LogP contribution in [0.4, 0.5) is 14.6 Å². The predicted octanol–water partition coefficient (Wildman–Crippen LogP) is 4.97. The molecule has 0 aliphatic heterocycles. The predicted molar refractivity (Wildman–Crippen MR) is 126 cm³/mol. The molecule has 33 heavy (non-hydrogen) atoms. The molecular weight excluding hydrogens is 424 g/mol. The summed E-state index contributed by atoms with van der Waals surface area (Å²) in [5.74, 6) is -1.30. The third-order valence-electron chi connectivity index (χ3n) is 6.32. The van der Waals surface area contributed by atoms with Crippen LogP contribution in [0.3, 0.4) is 0 Å². The average Bonchev–Trinajstić information content (AvgIpc) is 3.20. The van der Waals surface area contributed by atoms with Crippen LogP contribution < -0.4 is 10.6 Å². The van der Waals surface area contributed by atoms with Gasteiger partial charge < -0.3 is 15.6 Å². The van der Waals surface area contributed by atoms with Crippen LogP contribution in [0.5, 0.6) is 0 Å². The smallest absolute Gasteiger partial charge is 0.284 e. The summed E-state index contributed by atoms with van der Waals surface area (Å²) < 4.78 is 27.9. The van der Waals surface area contributed by atoms with Gasteiger partial charge in [-0.25, -0.2) is 23.7 Å². The number of alkyl halides is 2. The van der Waals surface area contributed by atoms with E-state index in [-0.39, 0.29) is 5.69 Å². The first-order valence-electron chi connectivity index (χ1n) is 11.4. The molecule has 1 aliphatic carbocycles. The van der Waals surface area contributed by atoms with Crippen molar-refractivity contribution >= 4 is 27.8 Å². The fraction of sp³-hybridized carbons (Fsp3) is 0.417. The second kappa shape index (κ2) is 8.62. The minimum Gasteiger partial charge on any atom is -0.369 e. The quantitative estimate of drug-likeness (QED) is 0.328. The number of fused-ring (bicyclic) bond motifs is 2. The molecule has 4 aromatic heterocycles. The fourth-order valence-electron chi connectivity index (χ4n) is 4.32. The lowest BCUT2D eigenvalue weighted by molar-refractivity contribution is 0.0135. The Morgan fingerprint density at radius 1 is 1.18 bits per heavy atom. The molecule has 0 spiro atoms. The van der Waals surface area contributed by atoms with E-state index in [4.69, 9.17) is 9.97 Å². The molecule has 0 amide bonds. The second-order valence-electron chi connectivity index (χ2n) is 8.72. The highest BCUT2D eigenvalue weighted by atomic mass is 19.3. The maximum Gasteiger partial charge on any atom is 0.284 e. The van der Waals surface area contributed by atoms with Crippen molar-refractivity contribution in [2.45, 2.75) is 44.4 Å². The Balaban J connectivity index is 1.65. The lowest BCUT2D eigenvalue weighted by Gasteiger charge is -2.27. The number of aromatic nitrogens is 5. The van der Waals surface area contributed by atoms with E-state index in [1.165, 1.54) is 18.1 Å². The number of halogens is 2. The van der Waals surface area contributed by atoms with Crippen LogP contribution in [0.25, 0.3) is 33.3 Å². The molecule has 0 unspecified atom stereocenters. The zero-order valence-electron chi connectivity index (χ0n) is 18.8. The molecule has 1 fully saturated rings. The van der Waals surface area contributed by atoms with Gasteiger partial charge >= 0.3 is 0 Å². The van der Waals surface area contributed by atoms with Crippen LogP contribution in [-0.4, -0.2) is 45.1 Å². The molecule has 0 aromatic carbocycles. The SMILES string of the molecule is CNCCCNc1nc(-c2ccnc3[nH]c(C(C)(F)F)cc23)nc2cncc(C3CCC3)c12. The van der Waals surface area contributed by atoms with Crippen molar-refractivity contribution < 1.29 is 8.78 Å². The first kappa shape index (κ1) is 21.6. The molecule has 0 saturated heterocycles. The van der Waals surface area contributed by atoms with Crippen molar-refractivity contribution in [2.75, 3.05) is 25.5 Å². The van der Waals surface area contributed by atoms with Gasteiger partial charge in [0.2, 0.25) is 0 Å². The molecule has 0 bridgehead atoms. The zero-order chi connectivity index (χ0) is 23.0. The minimum absolute atomic E-state index is 0.183. The largest absolute Gasteiger partial charge is 0.369 e. The lowest BCUT2D eigenvalue weighted by Crippen LogP contribution is -2.15. The number of anilines is 1. The van der Waals surface area contributed by atoms with Crippen molar-refractivity contribution in [1.82, 2.24) is 30.2 Å². The molecule has 7 nitrogen and oxygen atoms in total. The summed E-state index contributed by atoms with van der Waals surface area (Å²) in [5.41, 5.74) is 2.79. The Kier molecular flexibility index (Phi) is 5.65. The van der Waals surface area contributed by atoms with E-state index in [1.54, 1.807) is 18.5 Å². The van der Waals surface area contributed by atoms with Gasteiger partial charge in [-0.3, -0.25) is 4.98 Å². The van der Waals surface area contributed by atoms with E-state index < -0.39 is 5.92 Å². The molecule has 172 valence electrons. The average molecular weight is 452 g/mol. The van der Waals surface area contributed by atoms with Gasteiger partial charge in [-0.1, -0.05) is 6.42 Å². The maximum absolute atomic E-state index is 13.9.